The smallest absolute Gasteiger partial charge is 0.232 e. The molecule has 4 heterocycles. The molecule has 4 rings (SSSR count). The molecule has 0 bridgehead atoms. The molecule has 0 saturated carbocycles. The van der Waals surface area contributed by atoms with Gasteiger partial charge in [-0.2, -0.15) is 0 Å². The number of rotatable bonds is 4. The summed E-state index contributed by atoms with van der Waals surface area (Å²) in [5, 5.41) is 0. The van der Waals surface area contributed by atoms with Gasteiger partial charge in [0.15, 0.2) is 0 Å². The predicted molar refractivity (Wildman–Crippen MR) is 88.6 cm³/mol. The highest BCUT2D eigenvalue weighted by Gasteiger charge is 2.48. The molecule has 2 aliphatic heterocycles. The van der Waals surface area contributed by atoms with Crippen molar-refractivity contribution in [2.24, 2.45) is 0 Å². The average molecular weight is 326 g/mol. The highest BCUT2D eigenvalue weighted by atomic mass is 16.5. The zero-order valence-electron chi connectivity index (χ0n) is 13.9. The summed E-state index contributed by atoms with van der Waals surface area (Å²) in [6.45, 7) is 5.48. The molecule has 0 N–H and O–H groups in total. The van der Waals surface area contributed by atoms with Gasteiger partial charge in [-0.05, 0) is 18.6 Å². The molecule has 126 valence electrons. The number of ether oxygens (including phenoxy) is 2. The van der Waals surface area contributed by atoms with Crippen LogP contribution in [0, 0.1) is 6.92 Å². The number of nitrogens with zero attached hydrogens (tertiary/aromatic N) is 4. The van der Waals surface area contributed by atoms with Crippen LogP contribution in [0.4, 0.5) is 0 Å². The Morgan fingerprint density at radius 2 is 2.21 bits per heavy atom. The Labute approximate surface area is 141 Å². The van der Waals surface area contributed by atoms with Crippen LogP contribution in [0.3, 0.4) is 0 Å². The molecule has 0 aromatic carbocycles. The number of aryl methyl sites for hydroxylation is 1. The lowest BCUT2D eigenvalue weighted by Gasteiger charge is -2.53. The summed E-state index contributed by atoms with van der Waals surface area (Å²) >= 11 is 0. The quantitative estimate of drug-likeness (QED) is 0.856. The van der Waals surface area contributed by atoms with E-state index in [0.29, 0.717) is 5.88 Å². The van der Waals surface area contributed by atoms with E-state index in [9.17, 15) is 0 Å². The van der Waals surface area contributed by atoms with Crippen molar-refractivity contribution in [3.63, 3.8) is 0 Å². The van der Waals surface area contributed by atoms with Crippen molar-refractivity contribution in [2.45, 2.75) is 38.0 Å². The Hall–Kier alpha value is -2.05. The topological polar surface area (TPSA) is 60.4 Å². The van der Waals surface area contributed by atoms with E-state index >= 15 is 0 Å². The molecule has 1 atom stereocenters. The predicted octanol–water partition coefficient (Wildman–Crippen LogP) is 1.99. The minimum absolute atomic E-state index is 0.0671. The lowest BCUT2D eigenvalue weighted by molar-refractivity contribution is -0.188. The van der Waals surface area contributed by atoms with Crippen LogP contribution in [0.5, 0.6) is 5.88 Å². The molecule has 6 nitrogen and oxygen atoms in total. The normalized spacial score (nSPS) is 23.0. The molecule has 24 heavy (non-hydrogen) atoms. The van der Waals surface area contributed by atoms with Crippen LogP contribution in [0.15, 0.2) is 36.9 Å². The van der Waals surface area contributed by atoms with E-state index in [-0.39, 0.29) is 11.7 Å². The Balaban J connectivity index is 1.33. The highest BCUT2D eigenvalue weighted by Crippen LogP contribution is 2.36. The molecular formula is C18H22N4O2. The van der Waals surface area contributed by atoms with Crippen molar-refractivity contribution in [1.82, 2.24) is 19.9 Å². The summed E-state index contributed by atoms with van der Waals surface area (Å²) in [6, 6.07) is 4.09. The molecule has 0 unspecified atom stereocenters. The summed E-state index contributed by atoms with van der Waals surface area (Å²) in [5.41, 5.74) is 2.05. The fraction of sp³-hybridized carbons (Fsp3) is 0.500. The van der Waals surface area contributed by atoms with Gasteiger partial charge >= 0.3 is 0 Å². The number of likely N-dealkylation sites (tertiary alicyclic amines) is 1. The van der Waals surface area contributed by atoms with Crippen LogP contribution in [-0.4, -0.2) is 51.3 Å². The van der Waals surface area contributed by atoms with Crippen molar-refractivity contribution >= 4 is 0 Å². The molecule has 1 spiro atoms. The third-order valence-corrected chi connectivity index (χ3v) is 4.62. The van der Waals surface area contributed by atoms with Crippen molar-refractivity contribution in [3.8, 4) is 5.88 Å². The van der Waals surface area contributed by atoms with Crippen LogP contribution >= 0.6 is 0 Å². The largest absolute Gasteiger partial charge is 0.473 e. The van der Waals surface area contributed by atoms with Crippen LogP contribution in [0.2, 0.25) is 0 Å². The molecule has 0 aliphatic carbocycles. The molecule has 2 aliphatic rings. The van der Waals surface area contributed by atoms with Gasteiger partial charge in [0.05, 0.1) is 24.1 Å². The third kappa shape index (κ3) is 3.39. The van der Waals surface area contributed by atoms with Gasteiger partial charge in [-0.15, -0.1) is 0 Å². The lowest BCUT2D eigenvalue weighted by Crippen LogP contribution is -2.65. The average Bonchev–Trinajstić information content (AvgIpc) is 2.55. The second-order valence-electron chi connectivity index (χ2n) is 6.77. The first-order valence-corrected chi connectivity index (χ1v) is 8.41. The highest BCUT2D eigenvalue weighted by molar-refractivity contribution is 5.12. The van der Waals surface area contributed by atoms with Gasteiger partial charge in [0, 0.05) is 51.1 Å². The maximum Gasteiger partial charge on any atom is 0.232 e. The van der Waals surface area contributed by atoms with Gasteiger partial charge in [0.2, 0.25) is 5.88 Å². The number of hydrogen-bond acceptors (Lipinski definition) is 6. The van der Waals surface area contributed by atoms with Gasteiger partial charge in [0.25, 0.3) is 0 Å². The first-order chi connectivity index (χ1) is 11.7. The van der Waals surface area contributed by atoms with Crippen LogP contribution in [0.1, 0.15) is 24.1 Å². The standard InChI is InChI=1S/C18H22N4O2/c1-14-8-20-10-17(21-14)24-16-4-6-23-18(7-16)12-22(13-18)11-15-3-2-5-19-9-15/h2-3,5,8-10,16H,4,6-7,11-13H2,1H3/t16-/m1/s1. The second-order valence-corrected chi connectivity index (χ2v) is 6.77. The summed E-state index contributed by atoms with van der Waals surface area (Å²) in [5.74, 6) is 0.614. The van der Waals surface area contributed by atoms with Gasteiger partial charge in [-0.25, -0.2) is 4.98 Å². The number of pyridine rings is 1. The number of hydrogen-bond donors (Lipinski definition) is 0. The van der Waals surface area contributed by atoms with Crippen molar-refractivity contribution in [2.75, 3.05) is 19.7 Å². The SMILES string of the molecule is Cc1cncc(O[C@@H]2CCOC3(C2)CN(Cc2cccnc2)C3)n1. The first kappa shape index (κ1) is 15.5. The van der Waals surface area contributed by atoms with Crippen molar-refractivity contribution in [1.29, 1.82) is 0 Å². The molecule has 2 aromatic rings. The van der Waals surface area contributed by atoms with Crippen LogP contribution in [-0.2, 0) is 11.3 Å². The van der Waals surface area contributed by atoms with E-state index in [1.807, 2.05) is 25.4 Å². The van der Waals surface area contributed by atoms with Crippen LogP contribution in [0.25, 0.3) is 0 Å². The molecule has 6 heteroatoms. The summed E-state index contributed by atoms with van der Waals surface area (Å²) in [6.07, 6.45) is 9.11. The van der Waals surface area contributed by atoms with E-state index in [1.165, 1.54) is 5.56 Å². The van der Waals surface area contributed by atoms with Crippen molar-refractivity contribution in [3.05, 3.63) is 48.2 Å². The monoisotopic (exact) mass is 326 g/mol. The molecule has 2 aromatic heterocycles. The van der Waals surface area contributed by atoms with Crippen LogP contribution < -0.4 is 4.74 Å². The Morgan fingerprint density at radius 1 is 1.29 bits per heavy atom. The zero-order chi connectivity index (χ0) is 16.4. The lowest BCUT2D eigenvalue weighted by atomic mass is 9.84. The van der Waals surface area contributed by atoms with Gasteiger partial charge in [-0.1, -0.05) is 6.07 Å². The van der Waals surface area contributed by atoms with E-state index in [2.05, 4.69) is 25.9 Å². The molecule has 0 amide bonds. The maximum absolute atomic E-state index is 6.09. The van der Waals surface area contributed by atoms with Gasteiger partial charge < -0.3 is 9.47 Å². The maximum atomic E-state index is 6.09. The fourth-order valence-electron chi connectivity index (χ4n) is 3.60. The fourth-order valence-corrected chi connectivity index (χ4v) is 3.60. The Bertz CT molecular complexity index is 688. The second kappa shape index (κ2) is 6.45. The Morgan fingerprint density at radius 3 is 3.00 bits per heavy atom. The molecule has 2 saturated heterocycles. The Kier molecular flexibility index (Phi) is 4.16. The molecular weight excluding hydrogens is 304 g/mol. The number of aromatic nitrogens is 3. The summed E-state index contributed by atoms with van der Waals surface area (Å²) < 4.78 is 12.1. The van der Waals surface area contributed by atoms with Crippen molar-refractivity contribution < 1.29 is 9.47 Å². The van der Waals surface area contributed by atoms with E-state index in [1.54, 1.807) is 12.4 Å². The minimum atomic E-state index is -0.0671. The van der Waals surface area contributed by atoms with E-state index in [0.717, 1.165) is 44.8 Å². The summed E-state index contributed by atoms with van der Waals surface area (Å²) in [7, 11) is 0. The zero-order valence-corrected chi connectivity index (χ0v) is 13.9. The van der Waals surface area contributed by atoms with E-state index < -0.39 is 0 Å². The van der Waals surface area contributed by atoms with Gasteiger partial charge in [0.1, 0.15) is 6.10 Å². The molecule has 2 fully saturated rings. The molecule has 0 radical (unpaired) electrons. The first-order valence-electron chi connectivity index (χ1n) is 8.41. The van der Waals surface area contributed by atoms with Gasteiger partial charge in [-0.3, -0.25) is 14.9 Å². The minimum Gasteiger partial charge on any atom is -0.473 e. The third-order valence-electron chi connectivity index (χ3n) is 4.62. The van der Waals surface area contributed by atoms with E-state index in [4.69, 9.17) is 9.47 Å². The summed E-state index contributed by atoms with van der Waals surface area (Å²) in [4.78, 5) is 15.1.